The maximum absolute atomic E-state index is 12.1. The monoisotopic (exact) mass is 421 g/mol. The fourth-order valence-electron chi connectivity index (χ4n) is 2.23. The first-order valence-electron chi connectivity index (χ1n) is 7.34. The van der Waals surface area contributed by atoms with E-state index < -0.39 is 28.4 Å². The van der Waals surface area contributed by atoms with E-state index in [0.29, 0.717) is 16.0 Å². The molecule has 1 heterocycles. The third kappa shape index (κ3) is 3.75. The first-order valence-corrected chi connectivity index (χ1v) is 8.13. The summed E-state index contributed by atoms with van der Waals surface area (Å²) in [7, 11) is 0. The van der Waals surface area contributed by atoms with Gasteiger partial charge in [0.25, 0.3) is 5.91 Å². The molecule has 1 amide bonds. The van der Waals surface area contributed by atoms with Crippen molar-refractivity contribution in [2.45, 2.75) is 6.10 Å². The van der Waals surface area contributed by atoms with E-state index >= 15 is 0 Å². The van der Waals surface area contributed by atoms with Crippen LogP contribution in [-0.2, 0) is 4.79 Å². The molecule has 1 aliphatic rings. The fourth-order valence-corrected chi connectivity index (χ4v) is 2.69. The highest BCUT2D eigenvalue weighted by Gasteiger charge is 2.27. The molecule has 0 saturated carbocycles. The smallest absolute Gasteiger partial charge is 0.312 e. The molecule has 0 spiro atoms. The molecule has 134 valence electrons. The van der Waals surface area contributed by atoms with Crippen LogP contribution in [0.2, 0.25) is 0 Å². The van der Waals surface area contributed by atoms with Gasteiger partial charge in [-0.15, -0.1) is 0 Å². The summed E-state index contributed by atoms with van der Waals surface area (Å²) in [5, 5.41) is 24.5. The fraction of sp³-hybridized carbons (Fsp3) is 0.125. The van der Waals surface area contributed by atoms with Gasteiger partial charge in [0.05, 0.1) is 11.1 Å². The normalized spacial score (nSPS) is 15.7. The van der Waals surface area contributed by atoms with E-state index in [1.165, 1.54) is 6.07 Å². The van der Waals surface area contributed by atoms with E-state index in [1.807, 2.05) is 0 Å². The van der Waals surface area contributed by atoms with Crippen LogP contribution in [0.4, 0.5) is 5.69 Å². The van der Waals surface area contributed by atoms with Crippen molar-refractivity contribution in [3.05, 3.63) is 56.5 Å². The third-order valence-corrected chi connectivity index (χ3v) is 3.92. The van der Waals surface area contributed by atoms with Gasteiger partial charge in [-0.2, -0.15) is 5.10 Å². The van der Waals surface area contributed by atoms with Gasteiger partial charge in [0.15, 0.2) is 11.5 Å². The number of aromatic hydroxyl groups is 1. The SMILES string of the molecule is O=C(N/N=C/c1cc(Br)cc([N+](=O)[O-])c1O)C1COc2ccccc2O1. The zero-order valence-corrected chi connectivity index (χ0v) is 14.7. The number of halogens is 1. The minimum atomic E-state index is -0.896. The molecule has 0 radical (unpaired) electrons. The summed E-state index contributed by atoms with van der Waals surface area (Å²) in [5.41, 5.74) is 1.84. The molecule has 2 aromatic rings. The summed E-state index contributed by atoms with van der Waals surface area (Å²) in [5.74, 6) is -0.114. The van der Waals surface area contributed by atoms with Crippen LogP contribution in [0.5, 0.6) is 17.2 Å². The van der Waals surface area contributed by atoms with Crippen molar-refractivity contribution in [3.63, 3.8) is 0 Å². The van der Waals surface area contributed by atoms with Gasteiger partial charge in [-0.05, 0) is 18.2 Å². The second kappa shape index (κ2) is 7.40. The number of benzene rings is 2. The van der Waals surface area contributed by atoms with E-state index in [1.54, 1.807) is 24.3 Å². The number of rotatable bonds is 4. The van der Waals surface area contributed by atoms with Gasteiger partial charge in [-0.3, -0.25) is 14.9 Å². The van der Waals surface area contributed by atoms with Crippen molar-refractivity contribution < 1.29 is 24.3 Å². The summed E-state index contributed by atoms with van der Waals surface area (Å²) >= 11 is 3.11. The molecule has 0 bridgehead atoms. The first kappa shape index (κ1) is 17.7. The number of carbonyl (C=O) groups excluding carboxylic acids is 1. The summed E-state index contributed by atoms with van der Waals surface area (Å²) in [6.45, 7) is 0.0198. The number of hydrazone groups is 1. The van der Waals surface area contributed by atoms with Crippen LogP contribution in [0.1, 0.15) is 5.56 Å². The number of para-hydroxylation sites is 2. The Labute approximate surface area is 155 Å². The lowest BCUT2D eigenvalue weighted by molar-refractivity contribution is -0.385. The molecule has 1 unspecified atom stereocenters. The number of amides is 1. The van der Waals surface area contributed by atoms with Crippen molar-refractivity contribution in [1.82, 2.24) is 5.43 Å². The second-order valence-electron chi connectivity index (χ2n) is 5.22. The van der Waals surface area contributed by atoms with Gasteiger partial charge in [0.1, 0.15) is 6.61 Å². The molecular weight excluding hydrogens is 410 g/mol. The van der Waals surface area contributed by atoms with Gasteiger partial charge in [-0.25, -0.2) is 5.43 Å². The molecule has 9 nitrogen and oxygen atoms in total. The van der Waals surface area contributed by atoms with Crippen LogP contribution in [-0.4, -0.2) is 34.9 Å². The van der Waals surface area contributed by atoms with Gasteiger partial charge in [-0.1, -0.05) is 28.1 Å². The highest BCUT2D eigenvalue weighted by molar-refractivity contribution is 9.10. The van der Waals surface area contributed by atoms with Crippen LogP contribution in [0.3, 0.4) is 0 Å². The number of phenolic OH excluding ortho intramolecular Hbond substituents is 1. The molecule has 1 atom stereocenters. The quantitative estimate of drug-likeness (QED) is 0.443. The third-order valence-electron chi connectivity index (χ3n) is 3.46. The molecule has 0 saturated heterocycles. The first-order chi connectivity index (χ1) is 12.5. The number of hydrogen-bond donors (Lipinski definition) is 2. The predicted octanol–water partition coefficient (Wildman–Crippen LogP) is 2.35. The minimum Gasteiger partial charge on any atom is -0.502 e. The number of phenols is 1. The Morgan fingerprint density at radius 2 is 2.12 bits per heavy atom. The van der Waals surface area contributed by atoms with E-state index in [2.05, 4.69) is 26.5 Å². The van der Waals surface area contributed by atoms with Crippen molar-refractivity contribution >= 4 is 33.7 Å². The van der Waals surface area contributed by atoms with Crippen LogP contribution >= 0.6 is 15.9 Å². The van der Waals surface area contributed by atoms with E-state index in [4.69, 9.17) is 9.47 Å². The molecule has 26 heavy (non-hydrogen) atoms. The zero-order valence-electron chi connectivity index (χ0n) is 13.1. The van der Waals surface area contributed by atoms with Gasteiger partial charge in [0, 0.05) is 16.1 Å². The maximum Gasteiger partial charge on any atom is 0.312 e. The Bertz CT molecular complexity index is 902. The number of nitrogens with one attached hydrogen (secondary N) is 1. The zero-order chi connectivity index (χ0) is 18.7. The average Bonchev–Trinajstić information content (AvgIpc) is 2.63. The highest BCUT2D eigenvalue weighted by Crippen LogP contribution is 2.32. The molecule has 3 rings (SSSR count). The van der Waals surface area contributed by atoms with Crippen LogP contribution in [0.25, 0.3) is 0 Å². The van der Waals surface area contributed by atoms with Crippen LogP contribution in [0.15, 0.2) is 46.0 Å². The minimum absolute atomic E-state index is 0.0198. The number of hydrogen-bond acceptors (Lipinski definition) is 7. The molecule has 0 aliphatic carbocycles. The second-order valence-corrected chi connectivity index (χ2v) is 6.13. The van der Waals surface area contributed by atoms with Crippen LogP contribution < -0.4 is 14.9 Å². The van der Waals surface area contributed by atoms with Gasteiger partial charge >= 0.3 is 5.69 Å². The van der Waals surface area contributed by atoms with Gasteiger partial charge in [0.2, 0.25) is 11.9 Å². The molecular formula is C16H12BrN3O6. The Balaban J connectivity index is 1.68. The molecule has 2 aromatic carbocycles. The van der Waals surface area contributed by atoms with Crippen molar-refractivity contribution in [1.29, 1.82) is 0 Å². The largest absolute Gasteiger partial charge is 0.502 e. The number of nitro benzene ring substituents is 1. The lowest BCUT2D eigenvalue weighted by Crippen LogP contribution is -2.42. The summed E-state index contributed by atoms with van der Waals surface area (Å²) < 4.78 is 11.4. The van der Waals surface area contributed by atoms with E-state index in [-0.39, 0.29) is 12.2 Å². The number of fused-ring (bicyclic) bond motifs is 1. The summed E-state index contributed by atoms with van der Waals surface area (Å²) in [6, 6.07) is 9.53. The lowest BCUT2D eigenvalue weighted by Gasteiger charge is -2.24. The van der Waals surface area contributed by atoms with Gasteiger partial charge < -0.3 is 14.6 Å². The number of nitrogens with zero attached hydrogens (tertiary/aromatic N) is 2. The topological polar surface area (TPSA) is 123 Å². The molecule has 10 heteroatoms. The summed E-state index contributed by atoms with van der Waals surface area (Å²) in [4.78, 5) is 22.3. The summed E-state index contributed by atoms with van der Waals surface area (Å²) in [6.07, 6.45) is 0.204. The Morgan fingerprint density at radius 1 is 1.38 bits per heavy atom. The molecule has 0 fully saturated rings. The number of nitro groups is 1. The van der Waals surface area contributed by atoms with E-state index in [0.717, 1.165) is 12.3 Å². The standard InChI is InChI=1S/C16H12BrN3O6/c17-10-5-9(15(21)11(6-10)20(23)24)7-18-19-16(22)14-8-25-12-3-1-2-4-13(12)26-14/h1-7,14,21H,8H2,(H,19,22)/b18-7+. The van der Waals surface area contributed by atoms with Crippen molar-refractivity contribution in [3.8, 4) is 17.2 Å². The van der Waals surface area contributed by atoms with Crippen molar-refractivity contribution in [2.24, 2.45) is 5.10 Å². The Kier molecular flexibility index (Phi) is 5.03. The Hall–Kier alpha value is -3.14. The lowest BCUT2D eigenvalue weighted by atomic mass is 10.2. The Morgan fingerprint density at radius 3 is 2.85 bits per heavy atom. The molecule has 0 aromatic heterocycles. The highest BCUT2D eigenvalue weighted by atomic mass is 79.9. The maximum atomic E-state index is 12.1. The number of carbonyl (C=O) groups is 1. The molecule has 2 N–H and O–H groups in total. The van der Waals surface area contributed by atoms with Crippen LogP contribution in [0, 0.1) is 10.1 Å². The predicted molar refractivity (Wildman–Crippen MR) is 94.6 cm³/mol. The number of ether oxygens (including phenoxy) is 2. The average molecular weight is 422 g/mol. The van der Waals surface area contributed by atoms with Crippen molar-refractivity contribution in [2.75, 3.05) is 6.61 Å². The van der Waals surface area contributed by atoms with E-state index in [9.17, 15) is 20.0 Å². The molecule has 1 aliphatic heterocycles.